The van der Waals surface area contributed by atoms with E-state index in [1.807, 2.05) is 42.3 Å². The van der Waals surface area contributed by atoms with Gasteiger partial charge in [-0.2, -0.15) is 5.10 Å². The van der Waals surface area contributed by atoms with Crippen molar-refractivity contribution in [3.63, 3.8) is 0 Å². The van der Waals surface area contributed by atoms with Crippen molar-refractivity contribution < 1.29 is 4.79 Å². The van der Waals surface area contributed by atoms with Crippen LogP contribution in [0.1, 0.15) is 45.5 Å². The van der Waals surface area contributed by atoms with Crippen LogP contribution in [0.5, 0.6) is 0 Å². The molecule has 3 aromatic rings. The van der Waals surface area contributed by atoms with E-state index in [4.69, 9.17) is 4.98 Å². The molecule has 1 fully saturated rings. The fourth-order valence-corrected chi connectivity index (χ4v) is 4.01. The second-order valence-corrected chi connectivity index (χ2v) is 7.19. The topological polar surface area (TPSA) is 50.5 Å². The molecule has 6 heteroatoms. The molecule has 0 N–H and O–H groups in total. The molecule has 0 bridgehead atoms. The monoisotopic (exact) mass is 326 g/mol. The fourth-order valence-electron chi connectivity index (χ4n) is 3.19. The average molecular weight is 326 g/mol. The summed E-state index contributed by atoms with van der Waals surface area (Å²) in [6.45, 7) is 2.83. The third-order valence-electron chi connectivity index (χ3n) is 4.34. The standard InChI is InChI=1S/C17H18N4OS/c1-12-5-6-15(23-12)17(22)20-10-3-2-4-14(20)13-8-11-21-16(19-13)7-9-18-21/h5-9,11,14H,2-4,10H2,1H3. The number of thiophene rings is 1. The zero-order chi connectivity index (χ0) is 15.8. The van der Waals surface area contributed by atoms with Gasteiger partial charge in [0.1, 0.15) is 0 Å². The van der Waals surface area contributed by atoms with E-state index in [1.165, 1.54) is 4.88 Å². The number of amides is 1. The summed E-state index contributed by atoms with van der Waals surface area (Å²) in [7, 11) is 0. The van der Waals surface area contributed by atoms with Gasteiger partial charge < -0.3 is 4.90 Å². The Kier molecular flexibility index (Phi) is 3.61. The maximum Gasteiger partial charge on any atom is 0.264 e. The summed E-state index contributed by atoms with van der Waals surface area (Å²) in [6.07, 6.45) is 6.81. The third-order valence-corrected chi connectivity index (χ3v) is 5.32. The molecule has 5 nitrogen and oxygen atoms in total. The largest absolute Gasteiger partial charge is 0.329 e. The van der Waals surface area contributed by atoms with Crippen molar-refractivity contribution in [3.8, 4) is 0 Å². The molecule has 3 aromatic heterocycles. The van der Waals surface area contributed by atoms with Crippen molar-refractivity contribution in [1.82, 2.24) is 19.5 Å². The molecule has 23 heavy (non-hydrogen) atoms. The van der Waals surface area contributed by atoms with Crippen LogP contribution in [0, 0.1) is 6.92 Å². The lowest BCUT2D eigenvalue weighted by Crippen LogP contribution is -2.38. The van der Waals surface area contributed by atoms with Crippen LogP contribution >= 0.6 is 11.3 Å². The first-order valence-electron chi connectivity index (χ1n) is 7.90. The molecule has 4 rings (SSSR count). The number of carbonyl (C=O) groups excluding carboxylic acids is 1. The van der Waals surface area contributed by atoms with E-state index in [0.717, 1.165) is 42.0 Å². The van der Waals surface area contributed by atoms with E-state index in [-0.39, 0.29) is 11.9 Å². The lowest BCUT2D eigenvalue weighted by Gasteiger charge is -2.35. The van der Waals surface area contributed by atoms with Gasteiger partial charge in [0.15, 0.2) is 5.65 Å². The SMILES string of the molecule is Cc1ccc(C(=O)N2CCCCC2c2ccn3nccc3n2)s1. The maximum absolute atomic E-state index is 12.9. The lowest BCUT2D eigenvalue weighted by atomic mass is 9.99. The highest BCUT2D eigenvalue weighted by atomic mass is 32.1. The summed E-state index contributed by atoms with van der Waals surface area (Å²) >= 11 is 1.56. The second-order valence-electron chi connectivity index (χ2n) is 5.91. The summed E-state index contributed by atoms with van der Waals surface area (Å²) in [5, 5.41) is 4.18. The van der Waals surface area contributed by atoms with Gasteiger partial charge in [0.2, 0.25) is 0 Å². The Morgan fingerprint density at radius 2 is 2.17 bits per heavy atom. The van der Waals surface area contributed by atoms with Crippen molar-refractivity contribution >= 4 is 22.9 Å². The van der Waals surface area contributed by atoms with Gasteiger partial charge >= 0.3 is 0 Å². The molecule has 0 saturated carbocycles. The van der Waals surface area contributed by atoms with Gasteiger partial charge in [-0.15, -0.1) is 11.3 Å². The number of rotatable bonds is 2. The van der Waals surface area contributed by atoms with Gasteiger partial charge in [-0.25, -0.2) is 9.50 Å². The van der Waals surface area contributed by atoms with E-state index in [9.17, 15) is 4.79 Å². The van der Waals surface area contributed by atoms with E-state index in [2.05, 4.69) is 5.10 Å². The Balaban J connectivity index is 1.68. The normalized spacial score (nSPS) is 18.5. The summed E-state index contributed by atoms with van der Waals surface area (Å²) in [5.74, 6) is 0.128. The summed E-state index contributed by atoms with van der Waals surface area (Å²) < 4.78 is 1.75. The molecule has 1 unspecified atom stereocenters. The van der Waals surface area contributed by atoms with Crippen LogP contribution in [0.25, 0.3) is 5.65 Å². The predicted octanol–water partition coefficient (Wildman–Crippen LogP) is 3.47. The van der Waals surface area contributed by atoms with Gasteiger partial charge in [0.25, 0.3) is 5.91 Å². The molecule has 4 heterocycles. The highest BCUT2D eigenvalue weighted by Crippen LogP contribution is 2.32. The Morgan fingerprint density at radius 3 is 3.00 bits per heavy atom. The lowest BCUT2D eigenvalue weighted by molar-refractivity contribution is 0.0611. The highest BCUT2D eigenvalue weighted by Gasteiger charge is 2.30. The summed E-state index contributed by atoms with van der Waals surface area (Å²) in [5.41, 5.74) is 1.78. The minimum Gasteiger partial charge on any atom is -0.329 e. The third kappa shape index (κ3) is 2.63. The molecule has 0 spiro atoms. The van der Waals surface area contributed by atoms with Gasteiger partial charge in [0, 0.05) is 23.7 Å². The minimum atomic E-state index is 0.0542. The van der Waals surface area contributed by atoms with Crippen molar-refractivity contribution in [2.45, 2.75) is 32.2 Å². The van der Waals surface area contributed by atoms with Crippen LogP contribution in [0.3, 0.4) is 0 Å². The molecule has 1 aliphatic heterocycles. The minimum absolute atomic E-state index is 0.0542. The Labute approximate surface area is 138 Å². The number of fused-ring (bicyclic) bond motifs is 1. The first kappa shape index (κ1) is 14.4. The first-order valence-corrected chi connectivity index (χ1v) is 8.72. The van der Waals surface area contributed by atoms with Crippen LogP contribution in [-0.4, -0.2) is 31.9 Å². The van der Waals surface area contributed by atoms with Gasteiger partial charge in [-0.05, 0) is 44.4 Å². The number of nitrogens with zero attached hydrogens (tertiary/aromatic N) is 4. The Bertz CT molecular complexity index is 853. The van der Waals surface area contributed by atoms with Gasteiger partial charge in [-0.3, -0.25) is 4.79 Å². The molecular formula is C17H18N4OS. The van der Waals surface area contributed by atoms with Crippen LogP contribution < -0.4 is 0 Å². The predicted molar refractivity (Wildman–Crippen MR) is 89.7 cm³/mol. The van der Waals surface area contributed by atoms with Crippen LogP contribution in [-0.2, 0) is 0 Å². The number of carbonyl (C=O) groups is 1. The smallest absolute Gasteiger partial charge is 0.264 e. The van der Waals surface area contributed by atoms with Crippen molar-refractivity contribution in [1.29, 1.82) is 0 Å². The van der Waals surface area contributed by atoms with Crippen molar-refractivity contribution in [2.24, 2.45) is 0 Å². The van der Waals surface area contributed by atoms with Crippen LogP contribution in [0.4, 0.5) is 0 Å². The zero-order valence-corrected chi connectivity index (χ0v) is 13.8. The second kappa shape index (κ2) is 5.77. The fraction of sp³-hybridized carbons (Fsp3) is 0.353. The maximum atomic E-state index is 12.9. The molecule has 0 aliphatic carbocycles. The average Bonchev–Trinajstić information content (AvgIpc) is 3.22. The molecule has 1 aliphatic rings. The first-order chi connectivity index (χ1) is 11.2. The van der Waals surface area contributed by atoms with E-state index in [1.54, 1.807) is 22.0 Å². The zero-order valence-electron chi connectivity index (χ0n) is 13.0. The van der Waals surface area contributed by atoms with Crippen LogP contribution in [0.2, 0.25) is 0 Å². The molecular weight excluding hydrogens is 308 g/mol. The van der Waals surface area contributed by atoms with E-state index >= 15 is 0 Å². The molecule has 1 amide bonds. The number of likely N-dealkylation sites (tertiary alicyclic amines) is 1. The summed E-state index contributed by atoms with van der Waals surface area (Å²) in [4.78, 5) is 21.6. The van der Waals surface area contributed by atoms with Crippen molar-refractivity contribution in [3.05, 3.63) is 52.1 Å². The Hall–Kier alpha value is -2.21. The quantitative estimate of drug-likeness (QED) is 0.724. The number of hydrogen-bond acceptors (Lipinski definition) is 4. The number of hydrogen-bond donors (Lipinski definition) is 0. The highest BCUT2D eigenvalue weighted by molar-refractivity contribution is 7.13. The molecule has 1 saturated heterocycles. The molecule has 118 valence electrons. The molecule has 0 aromatic carbocycles. The van der Waals surface area contributed by atoms with Crippen molar-refractivity contribution in [2.75, 3.05) is 6.54 Å². The van der Waals surface area contributed by atoms with Gasteiger partial charge in [-0.1, -0.05) is 0 Å². The summed E-state index contributed by atoms with van der Waals surface area (Å²) in [6, 6.07) is 7.87. The number of piperidine rings is 1. The van der Waals surface area contributed by atoms with Crippen LogP contribution in [0.15, 0.2) is 36.7 Å². The molecule has 0 radical (unpaired) electrons. The Morgan fingerprint density at radius 1 is 1.26 bits per heavy atom. The molecule has 1 atom stereocenters. The van der Waals surface area contributed by atoms with Gasteiger partial charge in [0.05, 0.1) is 22.8 Å². The van der Waals surface area contributed by atoms with E-state index < -0.39 is 0 Å². The number of aromatic nitrogens is 3. The van der Waals surface area contributed by atoms with E-state index in [0.29, 0.717) is 0 Å². The number of aryl methyl sites for hydroxylation is 1.